The van der Waals surface area contributed by atoms with Crippen LogP contribution in [0.15, 0.2) is 35.1 Å². The Hall–Kier alpha value is -4.20. The summed E-state index contributed by atoms with van der Waals surface area (Å²) in [5, 5.41) is 4.14. The summed E-state index contributed by atoms with van der Waals surface area (Å²) in [5.41, 5.74) is -0.538. The summed E-state index contributed by atoms with van der Waals surface area (Å²) in [6.45, 7) is 10.5. The number of carbonyl (C=O) groups is 3. The van der Waals surface area contributed by atoms with E-state index < -0.39 is 55.5 Å². The Morgan fingerprint density at radius 2 is 1.83 bits per heavy atom. The van der Waals surface area contributed by atoms with Crippen LogP contribution in [0.4, 0.5) is 18.0 Å². The zero-order valence-electron chi connectivity index (χ0n) is 27.9. The van der Waals surface area contributed by atoms with Gasteiger partial charge in [-0.25, -0.2) is 14.6 Å². The van der Waals surface area contributed by atoms with Crippen LogP contribution in [-0.2, 0) is 42.6 Å². The number of alkyl carbamates (subject to hydrolysis) is 1. The van der Waals surface area contributed by atoms with Crippen LogP contribution in [0.25, 0.3) is 22.3 Å². The van der Waals surface area contributed by atoms with Gasteiger partial charge < -0.3 is 24.1 Å². The van der Waals surface area contributed by atoms with Crippen LogP contribution in [0.2, 0.25) is 19.1 Å². The Labute approximate surface area is 277 Å². The second kappa shape index (κ2) is 12.7. The van der Waals surface area contributed by atoms with E-state index in [1.165, 1.54) is 4.57 Å². The highest BCUT2D eigenvalue weighted by atomic mass is 28.3. The summed E-state index contributed by atoms with van der Waals surface area (Å²) >= 11 is 0. The van der Waals surface area contributed by atoms with Crippen molar-refractivity contribution in [3.05, 3.63) is 57.4 Å². The van der Waals surface area contributed by atoms with E-state index in [0.717, 1.165) is 10.6 Å². The van der Waals surface area contributed by atoms with Crippen molar-refractivity contribution >= 4 is 42.2 Å². The third-order valence-electron chi connectivity index (χ3n) is 8.79. The number of hydrogen-bond acceptors (Lipinski definition) is 8. The van der Waals surface area contributed by atoms with Gasteiger partial charge in [0.15, 0.2) is 0 Å². The Kier molecular flexibility index (Phi) is 9.27. The smallest absolute Gasteiger partial charge is 0.407 e. The summed E-state index contributed by atoms with van der Waals surface area (Å²) < 4.78 is 58.2. The van der Waals surface area contributed by atoms with Gasteiger partial charge in [0.05, 0.1) is 37.1 Å². The molecule has 0 unspecified atom stereocenters. The third-order valence-corrected chi connectivity index (χ3v) is 12.2. The zero-order chi connectivity index (χ0) is 35.2. The normalized spacial score (nSPS) is 17.3. The van der Waals surface area contributed by atoms with E-state index in [4.69, 9.17) is 19.2 Å². The Morgan fingerprint density at radius 1 is 1.12 bits per heavy atom. The first-order valence-electron chi connectivity index (χ1n) is 16.0. The first kappa shape index (κ1) is 35.1. The summed E-state index contributed by atoms with van der Waals surface area (Å²) in [6, 6.07) is 8.86. The molecule has 1 N–H and O–H groups in total. The minimum absolute atomic E-state index is 0.0235. The molecule has 0 saturated heterocycles. The number of esters is 2. The highest BCUT2D eigenvalue weighted by Crippen LogP contribution is 2.41. The minimum atomic E-state index is -4.31. The molecule has 1 aromatic carbocycles. The molecule has 2 aliphatic rings. The largest absolute Gasteiger partial charge is 0.457 e. The van der Waals surface area contributed by atoms with Gasteiger partial charge in [0.2, 0.25) is 5.60 Å². The van der Waals surface area contributed by atoms with E-state index in [0.29, 0.717) is 22.5 Å². The maximum Gasteiger partial charge on any atom is 0.407 e. The molecule has 0 saturated carbocycles. The van der Waals surface area contributed by atoms with Gasteiger partial charge in [0, 0.05) is 24.9 Å². The molecule has 0 aliphatic carbocycles. The van der Waals surface area contributed by atoms with Crippen molar-refractivity contribution in [2.24, 2.45) is 0 Å². The minimum Gasteiger partial charge on any atom is -0.457 e. The summed E-state index contributed by atoms with van der Waals surface area (Å²) in [6.07, 6.45) is -5.81. The van der Waals surface area contributed by atoms with Crippen molar-refractivity contribution in [1.82, 2.24) is 14.9 Å². The number of benzene rings is 1. The van der Waals surface area contributed by atoms with E-state index in [9.17, 15) is 32.3 Å². The standard InChI is InChI=1S/C34H40F3N3O7Si/c1-7-33(46-26(41)13-10-15-38-31(44)47-32(2,3)4)23-17-25-27-21(18-40(25)29(42)22(23)19-45-30(33)43)28(20-11-8-9-12-24(20)39-27)48(5,6)16-14-34(35,36)37/h8-9,11-12,17H,7,10,13-16,18-19H2,1-6H3,(H,38,44)/t33-/m0/s1. The third kappa shape index (κ3) is 6.85. The number of amides is 1. The molecule has 2 aliphatic heterocycles. The number of halogens is 3. The lowest BCUT2D eigenvalue weighted by Gasteiger charge is -2.35. The number of pyridine rings is 2. The molecule has 5 rings (SSSR count). The number of hydrogen-bond donors (Lipinski definition) is 1. The molecule has 2 aromatic heterocycles. The highest BCUT2D eigenvalue weighted by molar-refractivity contribution is 6.91. The van der Waals surface area contributed by atoms with Gasteiger partial charge >= 0.3 is 24.2 Å². The number of ether oxygens (including phenoxy) is 3. The maximum atomic E-state index is 14.1. The van der Waals surface area contributed by atoms with Gasteiger partial charge in [-0.05, 0) is 67.9 Å². The van der Waals surface area contributed by atoms with Gasteiger partial charge in [-0.3, -0.25) is 9.59 Å². The van der Waals surface area contributed by atoms with Crippen LogP contribution in [0.3, 0.4) is 0 Å². The summed E-state index contributed by atoms with van der Waals surface area (Å²) in [5.74, 6) is -1.54. The fraction of sp³-hybridized carbons (Fsp3) is 0.500. The lowest BCUT2D eigenvalue weighted by Crippen LogP contribution is -2.47. The quantitative estimate of drug-likeness (QED) is 0.101. The number of nitrogens with zero attached hydrogens (tertiary/aromatic N) is 2. The van der Waals surface area contributed by atoms with Crippen molar-refractivity contribution in [2.75, 3.05) is 6.54 Å². The molecule has 10 nitrogen and oxygen atoms in total. The van der Waals surface area contributed by atoms with Crippen LogP contribution < -0.4 is 16.1 Å². The number of alkyl halides is 3. The van der Waals surface area contributed by atoms with E-state index in [1.54, 1.807) is 45.9 Å². The fourth-order valence-electron chi connectivity index (χ4n) is 6.52. The van der Waals surface area contributed by atoms with E-state index >= 15 is 0 Å². The number of rotatable bonds is 9. The first-order chi connectivity index (χ1) is 22.4. The molecule has 258 valence electrons. The number of para-hydroxylation sites is 1. The molecule has 3 aromatic rings. The van der Waals surface area contributed by atoms with Gasteiger partial charge in [0.1, 0.15) is 12.2 Å². The number of carbonyl (C=O) groups excluding carboxylic acids is 3. The molecular weight excluding hydrogens is 647 g/mol. The van der Waals surface area contributed by atoms with Gasteiger partial charge in [-0.15, -0.1) is 0 Å². The molecule has 0 spiro atoms. The average molecular weight is 688 g/mol. The number of fused-ring (bicyclic) bond motifs is 5. The van der Waals surface area contributed by atoms with Crippen LogP contribution >= 0.6 is 0 Å². The SMILES string of the molecule is CC[C@@]1(OC(=O)CCCNC(=O)OC(C)(C)C)C(=O)OCc2c1cc1n(c2=O)Cc2c-1nc1ccccc1c2[Si](C)(C)CCC(F)(F)F. The second-order valence-corrected chi connectivity index (χ2v) is 18.7. The molecule has 4 heterocycles. The monoisotopic (exact) mass is 687 g/mol. The zero-order valence-corrected chi connectivity index (χ0v) is 28.9. The van der Waals surface area contributed by atoms with E-state index in [2.05, 4.69) is 5.32 Å². The fourth-order valence-corrected chi connectivity index (χ4v) is 9.63. The number of cyclic esters (lactones) is 1. The molecule has 14 heteroatoms. The Balaban J connectivity index is 1.52. The maximum absolute atomic E-state index is 14.1. The van der Waals surface area contributed by atoms with Crippen molar-refractivity contribution < 1.29 is 41.8 Å². The van der Waals surface area contributed by atoms with E-state index in [1.807, 2.05) is 25.2 Å². The van der Waals surface area contributed by atoms with Crippen molar-refractivity contribution in [2.45, 2.75) is 103 Å². The predicted octanol–water partition coefficient (Wildman–Crippen LogP) is 5.80. The number of nitrogens with one attached hydrogen (secondary N) is 1. The Morgan fingerprint density at radius 3 is 2.50 bits per heavy atom. The molecule has 0 fully saturated rings. The molecular formula is C34H40F3N3O7Si. The Bertz CT molecular complexity index is 1850. The van der Waals surface area contributed by atoms with E-state index in [-0.39, 0.29) is 56.1 Å². The van der Waals surface area contributed by atoms with Crippen molar-refractivity contribution in [3.8, 4) is 11.4 Å². The molecule has 1 atom stereocenters. The topological polar surface area (TPSA) is 126 Å². The van der Waals surface area contributed by atoms with Crippen molar-refractivity contribution in [3.63, 3.8) is 0 Å². The number of aromatic nitrogens is 2. The second-order valence-electron chi connectivity index (χ2n) is 13.9. The predicted molar refractivity (Wildman–Crippen MR) is 174 cm³/mol. The van der Waals surface area contributed by atoms with Crippen molar-refractivity contribution in [1.29, 1.82) is 0 Å². The van der Waals surface area contributed by atoms with Crippen LogP contribution in [-0.4, -0.2) is 54.0 Å². The van der Waals surface area contributed by atoms with Crippen LogP contribution in [0.1, 0.15) is 70.1 Å². The lowest BCUT2D eigenvalue weighted by atomic mass is 9.85. The molecule has 0 bridgehead atoms. The lowest BCUT2D eigenvalue weighted by molar-refractivity contribution is -0.189. The first-order valence-corrected chi connectivity index (χ1v) is 19.2. The molecule has 48 heavy (non-hydrogen) atoms. The van der Waals surface area contributed by atoms with Crippen LogP contribution in [0, 0.1) is 0 Å². The van der Waals surface area contributed by atoms with Crippen LogP contribution in [0.5, 0.6) is 0 Å². The molecule has 0 radical (unpaired) electrons. The van der Waals surface area contributed by atoms with Gasteiger partial charge in [-0.2, -0.15) is 13.2 Å². The highest BCUT2D eigenvalue weighted by Gasteiger charge is 2.50. The summed E-state index contributed by atoms with van der Waals surface area (Å²) in [7, 11) is -2.76. The van der Waals surface area contributed by atoms with Gasteiger partial charge in [0.25, 0.3) is 5.56 Å². The summed E-state index contributed by atoms with van der Waals surface area (Å²) in [4.78, 5) is 57.4. The average Bonchev–Trinajstić information content (AvgIpc) is 3.35. The molecule has 1 amide bonds. The van der Waals surface area contributed by atoms with Gasteiger partial charge in [-0.1, -0.05) is 38.2 Å².